The number of cyclic esters (lactones) is 1. The molecule has 7 heteroatoms. The lowest BCUT2D eigenvalue weighted by Gasteiger charge is -2.22. The van der Waals surface area contributed by atoms with Gasteiger partial charge in [0, 0.05) is 17.5 Å². The Hall–Kier alpha value is -3.22. The van der Waals surface area contributed by atoms with E-state index >= 15 is 0 Å². The highest BCUT2D eigenvalue weighted by molar-refractivity contribution is 5.96. The fourth-order valence-corrected chi connectivity index (χ4v) is 3.59. The number of fused-ring (bicyclic) bond motifs is 1. The van der Waals surface area contributed by atoms with E-state index in [4.69, 9.17) is 23.7 Å². The maximum absolute atomic E-state index is 12.0. The third-order valence-corrected chi connectivity index (χ3v) is 5.44. The number of rotatable bonds is 8. The van der Waals surface area contributed by atoms with E-state index in [2.05, 4.69) is 0 Å². The maximum atomic E-state index is 12.0. The van der Waals surface area contributed by atoms with Crippen LogP contribution in [0, 0.1) is 0 Å². The summed E-state index contributed by atoms with van der Waals surface area (Å²) >= 11 is 0. The highest BCUT2D eigenvalue weighted by atomic mass is 16.6. The zero-order chi connectivity index (χ0) is 21.3. The number of esters is 2. The zero-order valence-electron chi connectivity index (χ0n) is 17.3. The first-order chi connectivity index (χ1) is 14.5. The standard InChI is InChI=1S/C23H24O7/c1-4-19(24)30-23(10-11-23)13-29-20-15(8-9-18(26-2)21(20)27-3)14-6-5-7-16-17(14)12-28-22(16)25/h5-9H,4,10-13H2,1-3H3. The van der Waals surface area contributed by atoms with E-state index in [1.165, 1.54) is 0 Å². The molecule has 7 nitrogen and oxygen atoms in total. The summed E-state index contributed by atoms with van der Waals surface area (Å²) in [4.78, 5) is 23.8. The third kappa shape index (κ3) is 3.56. The van der Waals surface area contributed by atoms with Gasteiger partial charge in [-0.2, -0.15) is 0 Å². The average molecular weight is 412 g/mol. The fraction of sp³-hybridized carbons (Fsp3) is 0.391. The van der Waals surface area contributed by atoms with Crippen molar-refractivity contribution in [1.29, 1.82) is 0 Å². The van der Waals surface area contributed by atoms with Crippen molar-refractivity contribution in [2.45, 2.75) is 38.4 Å². The molecular formula is C23H24O7. The average Bonchev–Trinajstić information content (AvgIpc) is 3.43. The monoisotopic (exact) mass is 412 g/mol. The Bertz CT molecular complexity index is 991. The summed E-state index contributed by atoms with van der Waals surface area (Å²) < 4.78 is 28.0. The van der Waals surface area contributed by atoms with Crippen molar-refractivity contribution in [2.24, 2.45) is 0 Å². The van der Waals surface area contributed by atoms with Crippen molar-refractivity contribution in [3.05, 3.63) is 41.5 Å². The van der Waals surface area contributed by atoms with Crippen LogP contribution in [0.5, 0.6) is 17.2 Å². The van der Waals surface area contributed by atoms with Crippen LogP contribution in [0.2, 0.25) is 0 Å². The molecule has 1 saturated carbocycles. The van der Waals surface area contributed by atoms with Gasteiger partial charge < -0.3 is 23.7 Å². The summed E-state index contributed by atoms with van der Waals surface area (Å²) in [6.45, 7) is 2.18. The predicted molar refractivity (Wildman–Crippen MR) is 108 cm³/mol. The number of ether oxygens (including phenoxy) is 5. The van der Waals surface area contributed by atoms with Crippen LogP contribution in [0.15, 0.2) is 30.3 Å². The first kappa shape index (κ1) is 20.1. The van der Waals surface area contributed by atoms with E-state index in [-0.39, 0.29) is 25.2 Å². The molecule has 1 aliphatic carbocycles. The number of methoxy groups -OCH3 is 2. The van der Waals surface area contributed by atoms with Gasteiger partial charge in [-0.15, -0.1) is 0 Å². The minimum Gasteiger partial charge on any atom is -0.493 e. The van der Waals surface area contributed by atoms with Gasteiger partial charge in [-0.05, 0) is 36.6 Å². The van der Waals surface area contributed by atoms with Crippen LogP contribution in [0.4, 0.5) is 0 Å². The molecule has 30 heavy (non-hydrogen) atoms. The van der Waals surface area contributed by atoms with Crippen molar-refractivity contribution in [3.63, 3.8) is 0 Å². The molecule has 1 fully saturated rings. The third-order valence-electron chi connectivity index (χ3n) is 5.44. The number of carbonyl (C=O) groups excluding carboxylic acids is 2. The molecule has 1 heterocycles. The molecule has 0 bridgehead atoms. The van der Waals surface area contributed by atoms with Crippen molar-refractivity contribution in [2.75, 3.05) is 20.8 Å². The summed E-state index contributed by atoms with van der Waals surface area (Å²) in [6, 6.07) is 9.14. The second kappa shape index (κ2) is 7.89. The predicted octanol–water partition coefficient (Wildman–Crippen LogP) is 3.91. The van der Waals surface area contributed by atoms with Gasteiger partial charge in [0.05, 0.1) is 19.8 Å². The zero-order valence-corrected chi connectivity index (χ0v) is 17.3. The molecule has 4 rings (SSSR count). The number of benzene rings is 2. The Morgan fingerprint density at radius 1 is 1.03 bits per heavy atom. The van der Waals surface area contributed by atoms with Gasteiger partial charge in [0.1, 0.15) is 18.8 Å². The summed E-state index contributed by atoms with van der Waals surface area (Å²) in [5.41, 5.74) is 2.32. The van der Waals surface area contributed by atoms with Gasteiger partial charge in [-0.3, -0.25) is 4.79 Å². The van der Waals surface area contributed by atoms with E-state index in [9.17, 15) is 9.59 Å². The molecule has 2 aromatic rings. The first-order valence-corrected chi connectivity index (χ1v) is 9.91. The molecular weight excluding hydrogens is 388 g/mol. The molecule has 0 spiro atoms. The molecule has 0 radical (unpaired) electrons. The van der Waals surface area contributed by atoms with Gasteiger partial charge in [0.2, 0.25) is 5.75 Å². The van der Waals surface area contributed by atoms with Crippen molar-refractivity contribution < 1.29 is 33.3 Å². The molecule has 2 aliphatic rings. The molecule has 1 aliphatic heterocycles. The molecule has 0 amide bonds. The highest BCUT2D eigenvalue weighted by Gasteiger charge is 2.48. The van der Waals surface area contributed by atoms with Gasteiger partial charge >= 0.3 is 11.9 Å². The summed E-state index contributed by atoms with van der Waals surface area (Å²) in [7, 11) is 3.10. The summed E-state index contributed by atoms with van der Waals surface area (Å²) in [5.74, 6) is 0.856. The van der Waals surface area contributed by atoms with Crippen molar-refractivity contribution in [1.82, 2.24) is 0 Å². The van der Waals surface area contributed by atoms with Crippen LogP contribution >= 0.6 is 0 Å². The molecule has 158 valence electrons. The van der Waals surface area contributed by atoms with Gasteiger partial charge in [-0.1, -0.05) is 19.1 Å². The van der Waals surface area contributed by atoms with Crippen LogP contribution < -0.4 is 14.2 Å². The molecule has 0 aromatic heterocycles. The van der Waals surface area contributed by atoms with Crippen LogP contribution in [0.1, 0.15) is 42.1 Å². The van der Waals surface area contributed by atoms with E-state index < -0.39 is 5.60 Å². The smallest absolute Gasteiger partial charge is 0.338 e. The molecule has 0 N–H and O–H groups in total. The Morgan fingerprint density at radius 2 is 1.80 bits per heavy atom. The van der Waals surface area contributed by atoms with Gasteiger partial charge in [0.15, 0.2) is 11.5 Å². The minimum atomic E-state index is -0.601. The lowest BCUT2D eigenvalue weighted by Crippen LogP contribution is -2.26. The summed E-state index contributed by atoms with van der Waals surface area (Å²) in [6.07, 6.45) is 1.83. The largest absolute Gasteiger partial charge is 0.493 e. The Kier molecular flexibility index (Phi) is 5.28. The molecule has 0 unspecified atom stereocenters. The SMILES string of the molecule is CCC(=O)OC1(COc2c(-c3cccc4c3COC4=O)ccc(OC)c2OC)CC1. The lowest BCUT2D eigenvalue weighted by molar-refractivity contribution is -0.152. The Labute approximate surface area is 174 Å². The fourth-order valence-electron chi connectivity index (χ4n) is 3.59. The topological polar surface area (TPSA) is 80.3 Å². The number of carbonyl (C=O) groups is 2. The molecule has 2 aromatic carbocycles. The van der Waals surface area contributed by atoms with Gasteiger partial charge in [-0.25, -0.2) is 4.79 Å². The van der Waals surface area contributed by atoms with Crippen LogP contribution in [0.3, 0.4) is 0 Å². The quantitative estimate of drug-likeness (QED) is 0.608. The van der Waals surface area contributed by atoms with E-state index in [1.54, 1.807) is 33.3 Å². The van der Waals surface area contributed by atoms with Crippen LogP contribution in [0.25, 0.3) is 11.1 Å². The van der Waals surface area contributed by atoms with Crippen LogP contribution in [-0.2, 0) is 20.9 Å². The highest BCUT2D eigenvalue weighted by Crippen LogP contribution is 2.48. The molecule has 0 saturated heterocycles. The Balaban J connectivity index is 1.74. The number of hydrogen-bond acceptors (Lipinski definition) is 7. The lowest BCUT2D eigenvalue weighted by atomic mass is 9.95. The first-order valence-electron chi connectivity index (χ1n) is 9.91. The van der Waals surface area contributed by atoms with Crippen LogP contribution in [-0.4, -0.2) is 38.4 Å². The normalized spacial score (nSPS) is 15.8. The maximum Gasteiger partial charge on any atom is 0.338 e. The Morgan fingerprint density at radius 3 is 2.47 bits per heavy atom. The van der Waals surface area contributed by atoms with Crippen molar-refractivity contribution in [3.8, 4) is 28.4 Å². The van der Waals surface area contributed by atoms with E-state index in [0.29, 0.717) is 29.2 Å². The number of hydrogen-bond donors (Lipinski definition) is 0. The van der Waals surface area contributed by atoms with Crippen molar-refractivity contribution >= 4 is 11.9 Å². The van der Waals surface area contributed by atoms with E-state index in [0.717, 1.165) is 29.5 Å². The molecule has 0 atom stereocenters. The van der Waals surface area contributed by atoms with Gasteiger partial charge in [0.25, 0.3) is 0 Å². The second-order valence-electron chi connectivity index (χ2n) is 7.38. The summed E-state index contributed by atoms with van der Waals surface area (Å²) in [5, 5.41) is 0. The van der Waals surface area contributed by atoms with E-state index in [1.807, 2.05) is 18.2 Å². The minimum absolute atomic E-state index is 0.205. The second-order valence-corrected chi connectivity index (χ2v) is 7.38.